The molecule has 0 fully saturated rings. The number of aryl methyl sites for hydroxylation is 1. The van der Waals surface area contributed by atoms with Crippen molar-refractivity contribution in [1.29, 1.82) is 0 Å². The van der Waals surface area contributed by atoms with E-state index < -0.39 is 0 Å². The Morgan fingerprint density at radius 2 is 2.14 bits per heavy atom. The zero-order valence-corrected chi connectivity index (χ0v) is 7.71. The average Bonchev–Trinajstić information content (AvgIpc) is 2.56. The minimum atomic E-state index is 0.297. The standard InChI is InChI=1S/C9H10N4O/c1-13-6-11-9(12-13)14-8-5-3-2-4-7(8)10/h2-6H,10H2,1H3. The van der Waals surface area contributed by atoms with Crippen LogP contribution in [0.5, 0.6) is 11.8 Å². The largest absolute Gasteiger partial charge is 0.421 e. The SMILES string of the molecule is Cn1cnc(Oc2ccccc2N)n1. The van der Waals surface area contributed by atoms with Gasteiger partial charge in [0.15, 0.2) is 5.75 Å². The molecule has 1 aromatic carbocycles. The van der Waals surface area contributed by atoms with Gasteiger partial charge in [-0.1, -0.05) is 12.1 Å². The van der Waals surface area contributed by atoms with Crippen LogP contribution in [0.2, 0.25) is 0 Å². The van der Waals surface area contributed by atoms with E-state index in [1.807, 2.05) is 12.1 Å². The number of hydrogen-bond acceptors (Lipinski definition) is 4. The van der Waals surface area contributed by atoms with Crippen molar-refractivity contribution in [2.45, 2.75) is 0 Å². The molecule has 1 aromatic heterocycles. The van der Waals surface area contributed by atoms with Gasteiger partial charge >= 0.3 is 6.01 Å². The van der Waals surface area contributed by atoms with E-state index in [4.69, 9.17) is 10.5 Å². The number of ether oxygens (including phenoxy) is 1. The Kier molecular flexibility index (Phi) is 2.06. The van der Waals surface area contributed by atoms with Crippen molar-refractivity contribution in [2.75, 3.05) is 5.73 Å². The zero-order valence-electron chi connectivity index (χ0n) is 7.71. The van der Waals surface area contributed by atoms with Gasteiger partial charge in [-0.25, -0.2) is 0 Å². The van der Waals surface area contributed by atoms with Crippen LogP contribution >= 0.6 is 0 Å². The van der Waals surface area contributed by atoms with Gasteiger partial charge in [0, 0.05) is 7.05 Å². The number of aromatic nitrogens is 3. The smallest absolute Gasteiger partial charge is 0.341 e. The molecule has 5 heteroatoms. The summed E-state index contributed by atoms with van der Waals surface area (Å²) in [6.45, 7) is 0. The first-order valence-corrected chi connectivity index (χ1v) is 4.14. The third kappa shape index (κ3) is 1.66. The fourth-order valence-corrected chi connectivity index (χ4v) is 1.04. The van der Waals surface area contributed by atoms with Crippen LogP contribution in [0.25, 0.3) is 0 Å². The number of rotatable bonds is 2. The molecule has 2 rings (SSSR count). The molecule has 0 unspecified atom stereocenters. The molecular weight excluding hydrogens is 180 g/mol. The molecule has 0 radical (unpaired) electrons. The number of para-hydroxylation sites is 2. The fourth-order valence-electron chi connectivity index (χ4n) is 1.04. The van der Waals surface area contributed by atoms with Crippen LogP contribution < -0.4 is 10.5 Å². The molecule has 5 nitrogen and oxygen atoms in total. The summed E-state index contributed by atoms with van der Waals surface area (Å²) < 4.78 is 6.93. The molecular formula is C9H10N4O. The molecule has 2 N–H and O–H groups in total. The van der Waals surface area contributed by atoms with Gasteiger partial charge < -0.3 is 10.5 Å². The third-order valence-corrected chi connectivity index (χ3v) is 1.70. The van der Waals surface area contributed by atoms with Gasteiger partial charge in [0.05, 0.1) is 5.69 Å². The average molecular weight is 190 g/mol. The second-order valence-electron chi connectivity index (χ2n) is 2.84. The van der Waals surface area contributed by atoms with Gasteiger partial charge in [-0.3, -0.25) is 4.68 Å². The van der Waals surface area contributed by atoms with Crippen LogP contribution in [0.4, 0.5) is 5.69 Å². The van der Waals surface area contributed by atoms with Crippen molar-refractivity contribution in [1.82, 2.24) is 14.8 Å². The fraction of sp³-hybridized carbons (Fsp3) is 0.111. The van der Waals surface area contributed by atoms with Gasteiger partial charge in [0.2, 0.25) is 0 Å². The molecule has 14 heavy (non-hydrogen) atoms. The van der Waals surface area contributed by atoms with E-state index >= 15 is 0 Å². The predicted octanol–water partition coefficient (Wildman–Crippen LogP) is 1.19. The van der Waals surface area contributed by atoms with Crippen molar-refractivity contribution < 1.29 is 4.74 Å². The Hall–Kier alpha value is -2.04. The van der Waals surface area contributed by atoms with Crippen LogP contribution in [-0.2, 0) is 7.05 Å². The van der Waals surface area contributed by atoms with Gasteiger partial charge in [0.1, 0.15) is 6.33 Å². The molecule has 0 spiro atoms. The number of nitrogens with two attached hydrogens (primary N) is 1. The van der Waals surface area contributed by atoms with Crippen LogP contribution in [0.1, 0.15) is 0 Å². The van der Waals surface area contributed by atoms with E-state index in [0.29, 0.717) is 17.4 Å². The Balaban J connectivity index is 2.23. The van der Waals surface area contributed by atoms with Gasteiger partial charge in [-0.05, 0) is 12.1 Å². The summed E-state index contributed by atoms with van der Waals surface area (Å²) in [6, 6.07) is 7.51. The minimum absolute atomic E-state index is 0.297. The number of nitrogens with zero attached hydrogens (tertiary/aromatic N) is 3. The van der Waals surface area contributed by atoms with E-state index in [-0.39, 0.29) is 0 Å². The molecule has 0 bridgehead atoms. The minimum Gasteiger partial charge on any atom is -0.421 e. The molecule has 0 saturated heterocycles. The monoisotopic (exact) mass is 190 g/mol. The van der Waals surface area contributed by atoms with Crippen LogP contribution in [0, 0.1) is 0 Å². The molecule has 0 aliphatic heterocycles. The Morgan fingerprint density at radius 1 is 1.36 bits per heavy atom. The Labute approximate surface area is 81.1 Å². The Morgan fingerprint density at radius 3 is 2.79 bits per heavy atom. The van der Waals surface area contributed by atoms with E-state index in [9.17, 15) is 0 Å². The van der Waals surface area contributed by atoms with Crippen LogP contribution in [0.3, 0.4) is 0 Å². The number of anilines is 1. The predicted molar refractivity (Wildman–Crippen MR) is 51.9 cm³/mol. The molecule has 72 valence electrons. The maximum Gasteiger partial charge on any atom is 0.341 e. The molecule has 0 saturated carbocycles. The molecule has 1 heterocycles. The highest BCUT2D eigenvalue weighted by atomic mass is 16.5. The lowest BCUT2D eigenvalue weighted by Gasteiger charge is -2.02. The summed E-state index contributed by atoms with van der Waals surface area (Å²) in [5, 5.41) is 3.97. The second kappa shape index (κ2) is 3.37. The molecule has 0 atom stereocenters. The lowest BCUT2D eigenvalue weighted by Crippen LogP contribution is -1.93. The first-order valence-electron chi connectivity index (χ1n) is 4.14. The van der Waals surface area contributed by atoms with Crippen molar-refractivity contribution in [3.8, 4) is 11.8 Å². The van der Waals surface area contributed by atoms with Gasteiger partial charge in [0.25, 0.3) is 0 Å². The number of hydrogen-bond donors (Lipinski definition) is 1. The van der Waals surface area contributed by atoms with Crippen molar-refractivity contribution in [3.05, 3.63) is 30.6 Å². The Bertz CT molecular complexity index is 438. The molecule has 0 aliphatic rings. The summed E-state index contributed by atoms with van der Waals surface area (Å²) in [7, 11) is 1.77. The van der Waals surface area contributed by atoms with Crippen LogP contribution in [-0.4, -0.2) is 14.8 Å². The summed E-state index contributed by atoms with van der Waals surface area (Å²) in [6.07, 6.45) is 1.56. The highest BCUT2D eigenvalue weighted by Gasteiger charge is 2.03. The lowest BCUT2D eigenvalue weighted by atomic mass is 10.3. The van der Waals surface area contributed by atoms with Crippen molar-refractivity contribution >= 4 is 5.69 Å². The van der Waals surface area contributed by atoms with E-state index in [1.54, 1.807) is 30.2 Å². The van der Waals surface area contributed by atoms with E-state index in [1.165, 1.54) is 0 Å². The van der Waals surface area contributed by atoms with E-state index in [0.717, 1.165) is 0 Å². The molecule has 0 amide bonds. The van der Waals surface area contributed by atoms with Crippen LogP contribution in [0.15, 0.2) is 30.6 Å². The second-order valence-corrected chi connectivity index (χ2v) is 2.84. The number of benzene rings is 1. The van der Waals surface area contributed by atoms with Crippen molar-refractivity contribution in [3.63, 3.8) is 0 Å². The van der Waals surface area contributed by atoms with Crippen molar-refractivity contribution in [2.24, 2.45) is 7.05 Å². The number of nitrogen functional groups attached to an aromatic ring is 1. The van der Waals surface area contributed by atoms with Gasteiger partial charge in [-0.15, -0.1) is 5.10 Å². The maximum atomic E-state index is 5.69. The first-order chi connectivity index (χ1) is 6.75. The molecule has 0 aliphatic carbocycles. The quantitative estimate of drug-likeness (QED) is 0.722. The summed E-state index contributed by atoms with van der Waals surface area (Å²) in [5.41, 5.74) is 6.26. The summed E-state index contributed by atoms with van der Waals surface area (Å²) >= 11 is 0. The third-order valence-electron chi connectivity index (χ3n) is 1.70. The first kappa shape index (κ1) is 8.55. The lowest BCUT2D eigenvalue weighted by molar-refractivity contribution is 0.441. The summed E-state index contributed by atoms with van der Waals surface area (Å²) in [4.78, 5) is 3.93. The van der Waals surface area contributed by atoms with E-state index in [2.05, 4.69) is 10.1 Å². The topological polar surface area (TPSA) is 66.0 Å². The summed E-state index contributed by atoms with van der Waals surface area (Å²) in [5.74, 6) is 0.568. The normalized spacial score (nSPS) is 10.1. The maximum absolute atomic E-state index is 5.69. The van der Waals surface area contributed by atoms with Gasteiger partial charge in [-0.2, -0.15) is 4.98 Å². The zero-order chi connectivity index (χ0) is 9.97. The highest BCUT2D eigenvalue weighted by Crippen LogP contribution is 2.23. The highest BCUT2D eigenvalue weighted by molar-refractivity contribution is 5.52. The molecule has 2 aromatic rings.